The monoisotopic (exact) mass is 482 g/mol. The first kappa shape index (κ1) is 23.1. The summed E-state index contributed by atoms with van der Waals surface area (Å²) in [6.07, 6.45) is -1.81. The number of carbonyl (C=O) groups is 1. The number of hydrogen-bond acceptors (Lipinski definition) is 6. The lowest BCUT2D eigenvalue weighted by Crippen LogP contribution is -2.49. The number of nitrogens with zero attached hydrogens (tertiary/aromatic N) is 4. The summed E-state index contributed by atoms with van der Waals surface area (Å²) in [6.45, 7) is 1.55. The van der Waals surface area contributed by atoms with Gasteiger partial charge < -0.3 is 16.0 Å². The van der Waals surface area contributed by atoms with Gasteiger partial charge in [-0.05, 0) is 36.2 Å². The fourth-order valence-corrected chi connectivity index (χ4v) is 4.59. The van der Waals surface area contributed by atoms with Crippen LogP contribution < -0.4 is 16.0 Å². The maximum absolute atomic E-state index is 12.6. The van der Waals surface area contributed by atoms with Gasteiger partial charge in [0.1, 0.15) is 11.5 Å². The fourth-order valence-electron chi connectivity index (χ4n) is 4.59. The number of carbonyl (C=O) groups excluding carboxylic acids is 1. The fraction of sp³-hybridized carbons (Fsp3) is 0.320. The summed E-state index contributed by atoms with van der Waals surface area (Å²) in [4.78, 5) is 24.6. The Kier molecular flexibility index (Phi) is 6.06. The molecule has 1 fully saturated rings. The minimum absolute atomic E-state index is 0.0764. The Hall–Kier alpha value is -3.66. The highest BCUT2D eigenvalue weighted by molar-refractivity contribution is 5.97. The maximum Gasteiger partial charge on any atom is 0.401 e. The standard InChI is InChI=1S/C25H25F3N6O/c26-25(27,28)15-33-9-11-34(12-10-33)19-4-1-16(2-5-19)21-14-31-23(29)22(32-21)18-3-6-20-17(13-18)7-8-30-24(20)35/h1-6,13-14H,7-12,15H2,(H2,29,31)(H,30,35). The second-order valence-corrected chi connectivity index (χ2v) is 8.79. The quantitative estimate of drug-likeness (QED) is 0.593. The zero-order chi connectivity index (χ0) is 24.6. The molecule has 10 heteroatoms. The third kappa shape index (κ3) is 5.07. The lowest BCUT2D eigenvalue weighted by Gasteiger charge is -2.36. The first-order valence-electron chi connectivity index (χ1n) is 11.5. The van der Waals surface area contributed by atoms with Gasteiger partial charge in [0.25, 0.3) is 5.91 Å². The van der Waals surface area contributed by atoms with E-state index in [1.165, 1.54) is 4.90 Å². The minimum atomic E-state index is -4.17. The summed E-state index contributed by atoms with van der Waals surface area (Å²) >= 11 is 0. The van der Waals surface area contributed by atoms with Gasteiger partial charge >= 0.3 is 6.18 Å². The zero-order valence-electron chi connectivity index (χ0n) is 19.0. The molecule has 5 rings (SSSR count). The summed E-state index contributed by atoms with van der Waals surface area (Å²) < 4.78 is 37.9. The minimum Gasteiger partial charge on any atom is -0.382 e. The second-order valence-electron chi connectivity index (χ2n) is 8.79. The molecule has 1 aromatic heterocycles. The molecule has 0 aliphatic carbocycles. The van der Waals surface area contributed by atoms with E-state index < -0.39 is 12.7 Å². The van der Waals surface area contributed by atoms with E-state index in [1.54, 1.807) is 12.3 Å². The van der Waals surface area contributed by atoms with Gasteiger partial charge in [-0.1, -0.05) is 18.2 Å². The number of fused-ring (bicyclic) bond motifs is 1. The third-order valence-corrected chi connectivity index (χ3v) is 6.41. The van der Waals surface area contributed by atoms with Crippen LogP contribution in [0.15, 0.2) is 48.7 Å². The number of nitrogen functional groups attached to an aromatic ring is 1. The molecule has 2 aromatic carbocycles. The van der Waals surface area contributed by atoms with Crippen molar-refractivity contribution in [2.45, 2.75) is 12.6 Å². The molecule has 3 heterocycles. The average Bonchev–Trinajstić information content (AvgIpc) is 2.84. The predicted molar refractivity (Wildman–Crippen MR) is 128 cm³/mol. The van der Waals surface area contributed by atoms with Crippen molar-refractivity contribution in [3.63, 3.8) is 0 Å². The van der Waals surface area contributed by atoms with Crippen molar-refractivity contribution in [2.75, 3.05) is 49.9 Å². The van der Waals surface area contributed by atoms with E-state index in [1.807, 2.05) is 36.4 Å². The SMILES string of the molecule is Nc1ncc(-c2ccc(N3CCN(CC(F)(F)F)CC3)cc2)nc1-c1ccc2c(c1)CCNC2=O. The highest BCUT2D eigenvalue weighted by Gasteiger charge is 2.32. The number of anilines is 2. The number of piperazine rings is 1. The Labute approximate surface area is 200 Å². The Bertz CT molecular complexity index is 1240. The first-order chi connectivity index (χ1) is 16.8. The third-order valence-electron chi connectivity index (χ3n) is 6.41. The van der Waals surface area contributed by atoms with Gasteiger partial charge in [0, 0.05) is 55.1 Å². The lowest BCUT2D eigenvalue weighted by atomic mass is 9.96. The van der Waals surface area contributed by atoms with Crippen LogP contribution in [0.5, 0.6) is 0 Å². The van der Waals surface area contributed by atoms with Crippen LogP contribution in [0.2, 0.25) is 0 Å². The van der Waals surface area contributed by atoms with Crippen LogP contribution in [-0.4, -0.2) is 66.2 Å². The van der Waals surface area contributed by atoms with Gasteiger partial charge in [0.2, 0.25) is 0 Å². The zero-order valence-corrected chi connectivity index (χ0v) is 19.0. The molecule has 0 radical (unpaired) electrons. The van der Waals surface area contributed by atoms with E-state index >= 15 is 0 Å². The van der Waals surface area contributed by atoms with Crippen LogP contribution >= 0.6 is 0 Å². The topological polar surface area (TPSA) is 87.4 Å². The lowest BCUT2D eigenvalue weighted by molar-refractivity contribution is -0.146. The van der Waals surface area contributed by atoms with E-state index in [0.29, 0.717) is 55.5 Å². The van der Waals surface area contributed by atoms with Gasteiger partial charge in [-0.2, -0.15) is 13.2 Å². The molecular formula is C25H25F3N6O. The van der Waals surface area contributed by atoms with Crippen molar-refractivity contribution in [2.24, 2.45) is 0 Å². The molecule has 7 nitrogen and oxygen atoms in total. The average molecular weight is 483 g/mol. The highest BCUT2D eigenvalue weighted by atomic mass is 19.4. The Morgan fingerprint density at radius 1 is 1.00 bits per heavy atom. The Morgan fingerprint density at radius 2 is 1.71 bits per heavy atom. The number of halogens is 3. The second kappa shape index (κ2) is 9.18. The van der Waals surface area contributed by atoms with E-state index in [0.717, 1.165) is 28.8 Å². The van der Waals surface area contributed by atoms with Crippen molar-refractivity contribution < 1.29 is 18.0 Å². The van der Waals surface area contributed by atoms with Crippen molar-refractivity contribution in [1.82, 2.24) is 20.2 Å². The summed E-state index contributed by atoms with van der Waals surface area (Å²) in [5.74, 6) is 0.231. The van der Waals surface area contributed by atoms with E-state index in [9.17, 15) is 18.0 Å². The molecule has 0 atom stereocenters. The summed E-state index contributed by atoms with van der Waals surface area (Å²) in [6, 6.07) is 13.3. The highest BCUT2D eigenvalue weighted by Crippen LogP contribution is 2.30. The van der Waals surface area contributed by atoms with Crippen LogP contribution in [0.25, 0.3) is 22.5 Å². The summed E-state index contributed by atoms with van der Waals surface area (Å²) in [5.41, 5.74) is 11.6. The van der Waals surface area contributed by atoms with Crippen LogP contribution in [0.4, 0.5) is 24.7 Å². The molecule has 2 aliphatic rings. The van der Waals surface area contributed by atoms with Gasteiger partial charge in [-0.25, -0.2) is 9.97 Å². The molecular weight excluding hydrogens is 457 g/mol. The van der Waals surface area contributed by atoms with Crippen molar-refractivity contribution in [3.8, 4) is 22.5 Å². The van der Waals surface area contributed by atoms with Gasteiger partial charge in [0.05, 0.1) is 18.4 Å². The molecule has 0 saturated carbocycles. The van der Waals surface area contributed by atoms with Crippen LogP contribution in [0.3, 0.4) is 0 Å². The van der Waals surface area contributed by atoms with Crippen LogP contribution in [0.1, 0.15) is 15.9 Å². The Balaban J connectivity index is 1.33. The molecule has 3 aromatic rings. The number of benzene rings is 2. The smallest absolute Gasteiger partial charge is 0.382 e. The van der Waals surface area contributed by atoms with Gasteiger partial charge in [0.15, 0.2) is 0 Å². The van der Waals surface area contributed by atoms with Gasteiger partial charge in [-0.3, -0.25) is 9.69 Å². The normalized spacial score (nSPS) is 16.7. The summed E-state index contributed by atoms with van der Waals surface area (Å²) in [7, 11) is 0. The molecule has 0 spiro atoms. The largest absolute Gasteiger partial charge is 0.401 e. The molecule has 1 saturated heterocycles. The maximum atomic E-state index is 12.6. The molecule has 3 N–H and O–H groups in total. The van der Waals surface area contributed by atoms with E-state index in [4.69, 9.17) is 10.7 Å². The number of hydrogen-bond donors (Lipinski definition) is 2. The predicted octanol–water partition coefficient (Wildman–Crippen LogP) is 3.36. The van der Waals surface area contributed by atoms with Crippen molar-refractivity contribution in [3.05, 3.63) is 59.8 Å². The van der Waals surface area contributed by atoms with Crippen LogP contribution in [0, 0.1) is 0 Å². The molecule has 182 valence electrons. The molecule has 0 unspecified atom stereocenters. The first-order valence-corrected chi connectivity index (χ1v) is 11.5. The number of aromatic nitrogens is 2. The number of nitrogens with one attached hydrogen (secondary N) is 1. The molecule has 2 aliphatic heterocycles. The van der Waals surface area contributed by atoms with Crippen LogP contribution in [-0.2, 0) is 6.42 Å². The molecule has 0 bridgehead atoms. The summed E-state index contributed by atoms with van der Waals surface area (Å²) in [5, 5.41) is 2.84. The molecule has 35 heavy (non-hydrogen) atoms. The number of rotatable bonds is 4. The molecule has 1 amide bonds. The van der Waals surface area contributed by atoms with Crippen molar-refractivity contribution >= 4 is 17.4 Å². The van der Waals surface area contributed by atoms with Gasteiger partial charge in [-0.15, -0.1) is 0 Å². The van der Waals surface area contributed by atoms with Crippen molar-refractivity contribution in [1.29, 1.82) is 0 Å². The Morgan fingerprint density at radius 3 is 2.43 bits per heavy atom. The van der Waals surface area contributed by atoms with E-state index in [2.05, 4.69) is 15.2 Å². The number of alkyl halides is 3. The number of amides is 1. The number of nitrogens with two attached hydrogens (primary N) is 1. The van der Waals surface area contributed by atoms with E-state index in [-0.39, 0.29) is 5.91 Å².